The van der Waals surface area contributed by atoms with Crippen molar-refractivity contribution in [2.24, 2.45) is 5.92 Å². The van der Waals surface area contributed by atoms with Crippen LogP contribution in [0.25, 0.3) is 0 Å². The second kappa shape index (κ2) is 9.64. The monoisotopic (exact) mass is 353 g/mol. The van der Waals surface area contributed by atoms with Crippen LogP contribution in [-0.2, 0) is 20.7 Å². The fourth-order valence-corrected chi connectivity index (χ4v) is 3.24. The van der Waals surface area contributed by atoms with Crippen molar-refractivity contribution in [3.05, 3.63) is 34.9 Å². The summed E-state index contributed by atoms with van der Waals surface area (Å²) in [5.74, 6) is -0.0382. The molecule has 1 saturated heterocycles. The summed E-state index contributed by atoms with van der Waals surface area (Å²) in [4.78, 5) is 25.0. The van der Waals surface area contributed by atoms with Crippen LogP contribution in [0.2, 0.25) is 5.02 Å². The average Bonchev–Trinajstić information content (AvgIpc) is 2.56. The van der Waals surface area contributed by atoms with Crippen molar-refractivity contribution >= 4 is 23.5 Å². The SMILES string of the molecule is CCOC(=O)C1CC[NH+](CC(=O)NCCc2cccc(Cl)c2)CC1. The van der Waals surface area contributed by atoms with E-state index in [1.54, 1.807) is 0 Å². The van der Waals surface area contributed by atoms with Crippen LogP contribution in [0, 0.1) is 5.92 Å². The van der Waals surface area contributed by atoms with Crippen molar-refractivity contribution in [3.63, 3.8) is 0 Å². The predicted octanol–water partition coefficient (Wildman–Crippen LogP) is 0.857. The Bertz CT molecular complexity index is 557. The third-order valence-corrected chi connectivity index (χ3v) is 4.58. The number of benzene rings is 1. The van der Waals surface area contributed by atoms with Gasteiger partial charge in [0, 0.05) is 24.4 Å². The molecular formula is C18H26ClN2O3+. The Balaban J connectivity index is 1.64. The number of piperidine rings is 1. The number of esters is 1. The molecule has 2 rings (SSSR count). The molecule has 0 aliphatic carbocycles. The fourth-order valence-electron chi connectivity index (χ4n) is 3.03. The highest BCUT2D eigenvalue weighted by atomic mass is 35.5. The third-order valence-electron chi connectivity index (χ3n) is 4.35. The van der Waals surface area contributed by atoms with E-state index in [2.05, 4.69) is 5.32 Å². The lowest BCUT2D eigenvalue weighted by molar-refractivity contribution is -0.897. The van der Waals surface area contributed by atoms with Gasteiger partial charge in [0.2, 0.25) is 0 Å². The Morgan fingerprint density at radius 1 is 1.33 bits per heavy atom. The van der Waals surface area contributed by atoms with Crippen LogP contribution in [0.5, 0.6) is 0 Å². The zero-order valence-electron chi connectivity index (χ0n) is 14.1. The maximum atomic E-state index is 12.0. The van der Waals surface area contributed by atoms with Gasteiger partial charge in [-0.25, -0.2) is 0 Å². The van der Waals surface area contributed by atoms with Crippen LogP contribution in [0.1, 0.15) is 25.3 Å². The highest BCUT2D eigenvalue weighted by molar-refractivity contribution is 6.30. The molecule has 132 valence electrons. The molecule has 1 amide bonds. The zero-order chi connectivity index (χ0) is 17.4. The summed E-state index contributed by atoms with van der Waals surface area (Å²) in [6.07, 6.45) is 2.36. The Labute approximate surface area is 148 Å². The summed E-state index contributed by atoms with van der Waals surface area (Å²) in [7, 11) is 0. The van der Waals surface area contributed by atoms with Crippen LogP contribution < -0.4 is 10.2 Å². The Morgan fingerprint density at radius 3 is 2.75 bits per heavy atom. The van der Waals surface area contributed by atoms with Gasteiger partial charge in [-0.3, -0.25) is 9.59 Å². The molecule has 1 heterocycles. The fraction of sp³-hybridized carbons (Fsp3) is 0.556. The molecular weight excluding hydrogens is 328 g/mol. The predicted molar refractivity (Wildman–Crippen MR) is 93.1 cm³/mol. The molecule has 2 N–H and O–H groups in total. The topological polar surface area (TPSA) is 59.8 Å². The first kappa shape index (κ1) is 18.7. The third kappa shape index (κ3) is 6.13. The molecule has 0 unspecified atom stereocenters. The summed E-state index contributed by atoms with van der Waals surface area (Å²) in [6.45, 7) is 5.01. The smallest absolute Gasteiger partial charge is 0.309 e. The van der Waals surface area contributed by atoms with Gasteiger partial charge < -0.3 is 15.0 Å². The van der Waals surface area contributed by atoms with Crippen molar-refractivity contribution in [3.8, 4) is 0 Å². The molecule has 1 aliphatic rings. The number of amides is 1. The second-order valence-corrected chi connectivity index (χ2v) is 6.62. The van der Waals surface area contributed by atoms with Crippen LogP contribution >= 0.6 is 11.6 Å². The number of nitrogens with one attached hydrogen (secondary N) is 2. The summed E-state index contributed by atoms with van der Waals surface area (Å²) in [6, 6.07) is 7.67. The number of hydrogen-bond acceptors (Lipinski definition) is 3. The standard InChI is InChI=1S/C18H25ClN2O3/c1-2-24-18(23)15-7-10-21(11-8-15)13-17(22)20-9-6-14-4-3-5-16(19)12-14/h3-5,12,15H,2,6-11,13H2,1H3,(H,20,22)/p+1. The van der Waals surface area contributed by atoms with Crippen molar-refractivity contribution in [1.29, 1.82) is 0 Å². The number of carbonyl (C=O) groups excluding carboxylic acids is 2. The minimum absolute atomic E-state index is 0.000379. The number of ether oxygens (including phenoxy) is 1. The molecule has 0 aromatic heterocycles. The van der Waals surface area contributed by atoms with Crippen LogP contribution in [-0.4, -0.2) is 44.7 Å². The lowest BCUT2D eigenvalue weighted by Gasteiger charge is -2.27. The van der Waals surface area contributed by atoms with E-state index in [4.69, 9.17) is 16.3 Å². The summed E-state index contributed by atoms with van der Waals surface area (Å²) in [5, 5.41) is 3.67. The van der Waals surface area contributed by atoms with Crippen LogP contribution in [0.3, 0.4) is 0 Å². The number of halogens is 1. The molecule has 1 aromatic carbocycles. The first-order chi connectivity index (χ1) is 11.6. The van der Waals surface area contributed by atoms with Gasteiger partial charge in [0.05, 0.1) is 25.6 Å². The first-order valence-corrected chi connectivity index (χ1v) is 8.97. The van der Waals surface area contributed by atoms with Crippen LogP contribution in [0.4, 0.5) is 0 Å². The van der Waals surface area contributed by atoms with E-state index >= 15 is 0 Å². The number of carbonyl (C=O) groups is 2. The summed E-state index contributed by atoms with van der Waals surface area (Å²) < 4.78 is 5.06. The van der Waals surface area contributed by atoms with Gasteiger partial charge in [-0.2, -0.15) is 0 Å². The van der Waals surface area contributed by atoms with Crippen LogP contribution in [0.15, 0.2) is 24.3 Å². The van der Waals surface area contributed by atoms with Gasteiger partial charge in [-0.1, -0.05) is 23.7 Å². The molecule has 0 radical (unpaired) electrons. The summed E-state index contributed by atoms with van der Waals surface area (Å²) >= 11 is 5.95. The lowest BCUT2D eigenvalue weighted by atomic mass is 9.97. The minimum Gasteiger partial charge on any atom is -0.466 e. The number of rotatable bonds is 7. The number of quaternary nitrogens is 1. The molecule has 24 heavy (non-hydrogen) atoms. The van der Waals surface area contributed by atoms with E-state index in [1.165, 1.54) is 4.90 Å². The molecule has 0 saturated carbocycles. The highest BCUT2D eigenvalue weighted by Crippen LogP contribution is 2.12. The van der Waals surface area contributed by atoms with Gasteiger partial charge in [-0.05, 0) is 31.0 Å². The van der Waals surface area contributed by atoms with E-state index in [0.717, 1.165) is 37.9 Å². The van der Waals surface area contributed by atoms with Crippen molar-refractivity contribution in [2.75, 3.05) is 32.8 Å². The molecule has 1 aromatic rings. The largest absolute Gasteiger partial charge is 0.466 e. The first-order valence-electron chi connectivity index (χ1n) is 8.59. The van der Waals surface area contributed by atoms with Gasteiger partial charge in [0.25, 0.3) is 5.91 Å². The Morgan fingerprint density at radius 2 is 2.08 bits per heavy atom. The summed E-state index contributed by atoms with van der Waals surface area (Å²) in [5.41, 5.74) is 1.12. The highest BCUT2D eigenvalue weighted by Gasteiger charge is 2.29. The van der Waals surface area contributed by atoms with E-state index in [9.17, 15) is 9.59 Å². The Hall–Kier alpha value is -1.59. The molecule has 0 bridgehead atoms. The maximum Gasteiger partial charge on any atom is 0.309 e. The van der Waals surface area contributed by atoms with Crippen molar-refractivity contribution in [2.45, 2.75) is 26.2 Å². The van der Waals surface area contributed by atoms with E-state index < -0.39 is 0 Å². The lowest BCUT2D eigenvalue weighted by Crippen LogP contribution is -3.14. The number of hydrogen-bond donors (Lipinski definition) is 2. The van der Waals surface area contributed by atoms with Crippen molar-refractivity contribution < 1.29 is 19.2 Å². The zero-order valence-corrected chi connectivity index (χ0v) is 14.9. The normalized spacial score (nSPS) is 20.4. The molecule has 1 fully saturated rings. The van der Waals surface area contributed by atoms with E-state index in [-0.39, 0.29) is 17.8 Å². The van der Waals surface area contributed by atoms with Gasteiger partial charge in [0.1, 0.15) is 0 Å². The van der Waals surface area contributed by atoms with Gasteiger partial charge in [0.15, 0.2) is 6.54 Å². The maximum absolute atomic E-state index is 12.0. The number of likely N-dealkylation sites (tertiary alicyclic amines) is 1. The second-order valence-electron chi connectivity index (χ2n) is 6.18. The molecule has 0 atom stereocenters. The quantitative estimate of drug-likeness (QED) is 0.715. The van der Waals surface area contributed by atoms with Gasteiger partial charge >= 0.3 is 5.97 Å². The molecule has 1 aliphatic heterocycles. The molecule has 6 heteroatoms. The molecule has 5 nitrogen and oxygen atoms in total. The minimum atomic E-state index is -0.0949. The average molecular weight is 354 g/mol. The molecule has 0 spiro atoms. The van der Waals surface area contributed by atoms with Crippen molar-refractivity contribution in [1.82, 2.24) is 5.32 Å². The van der Waals surface area contributed by atoms with E-state index in [1.807, 2.05) is 31.2 Å². The van der Waals surface area contributed by atoms with E-state index in [0.29, 0.717) is 24.7 Å². The van der Waals surface area contributed by atoms with Gasteiger partial charge in [-0.15, -0.1) is 0 Å². The Kier molecular flexibility index (Phi) is 7.53.